The van der Waals surface area contributed by atoms with E-state index in [2.05, 4.69) is 31.8 Å². The maximum Gasteiger partial charge on any atom is 0.141 e. The molecule has 0 atom stereocenters. The van der Waals surface area contributed by atoms with Gasteiger partial charge < -0.3 is 5.11 Å². The summed E-state index contributed by atoms with van der Waals surface area (Å²) in [6.45, 7) is 6.38. The Labute approximate surface area is 102 Å². The van der Waals surface area contributed by atoms with Crippen molar-refractivity contribution < 1.29 is 5.11 Å². The van der Waals surface area contributed by atoms with E-state index in [0.717, 1.165) is 35.9 Å². The summed E-state index contributed by atoms with van der Waals surface area (Å²) in [5, 5.41) is 11.1. The smallest absolute Gasteiger partial charge is 0.141 e. The normalized spacial score (nSPS) is 11.0. The Balaban J connectivity index is 2.86. The molecule has 2 aromatic rings. The van der Waals surface area contributed by atoms with Gasteiger partial charge in [-0.15, -0.1) is 0 Å². The second-order valence-electron chi connectivity index (χ2n) is 4.30. The summed E-state index contributed by atoms with van der Waals surface area (Å²) in [7, 11) is 0. The van der Waals surface area contributed by atoms with Crippen LogP contribution in [0.4, 0.5) is 0 Å². The van der Waals surface area contributed by atoms with Gasteiger partial charge in [-0.25, -0.2) is 4.98 Å². The van der Waals surface area contributed by atoms with Gasteiger partial charge >= 0.3 is 0 Å². The lowest BCUT2D eigenvalue weighted by atomic mass is 9.98. The number of rotatable bonds is 3. The highest BCUT2D eigenvalue weighted by Crippen LogP contribution is 2.30. The molecule has 2 nitrogen and oxygen atoms in total. The van der Waals surface area contributed by atoms with Gasteiger partial charge in [-0.2, -0.15) is 0 Å². The third kappa shape index (κ3) is 1.99. The second-order valence-corrected chi connectivity index (χ2v) is 4.30. The fourth-order valence-electron chi connectivity index (χ4n) is 2.30. The Bertz CT molecular complexity index is 546. The Hall–Kier alpha value is -1.57. The van der Waals surface area contributed by atoms with Crippen LogP contribution in [0.15, 0.2) is 18.2 Å². The molecule has 0 bridgehead atoms. The minimum absolute atomic E-state index is 0.294. The van der Waals surface area contributed by atoms with Crippen molar-refractivity contribution in [2.45, 2.75) is 40.0 Å². The molecule has 0 fully saturated rings. The van der Waals surface area contributed by atoms with E-state index in [4.69, 9.17) is 0 Å². The summed E-state index contributed by atoms with van der Waals surface area (Å²) in [6, 6.07) is 5.93. The lowest BCUT2D eigenvalue weighted by Gasteiger charge is -2.12. The lowest BCUT2D eigenvalue weighted by Crippen LogP contribution is -1.97. The van der Waals surface area contributed by atoms with Crippen LogP contribution >= 0.6 is 0 Å². The van der Waals surface area contributed by atoms with Gasteiger partial charge in [0.2, 0.25) is 0 Å². The van der Waals surface area contributed by atoms with Gasteiger partial charge in [-0.05, 0) is 42.5 Å². The standard InChI is InChI=1S/C15H19NO/c1-4-10-7-8-13(17)15-14(10)11(5-2)9-12(6-3)16-15/h7-9,17H,4-6H2,1-3H3. The highest BCUT2D eigenvalue weighted by Gasteiger charge is 2.11. The van der Waals surface area contributed by atoms with E-state index in [1.54, 1.807) is 6.07 Å². The van der Waals surface area contributed by atoms with Gasteiger partial charge in [0.15, 0.2) is 0 Å². The number of aromatic hydroxyl groups is 1. The van der Waals surface area contributed by atoms with Crippen LogP contribution in [0.25, 0.3) is 10.9 Å². The van der Waals surface area contributed by atoms with Crippen LogP contribution in [0.2, 0.25) is 0 Å². The Morgan fingerprint density at radius 3 is 2.29 bits per heavy atom. The molecule has 0 saturated heterocycles. The summed E-state index contributed by atoms with van der Waals surface area (Å²) in [4.78, 5) is 4.56. The average molecular weight is 229 g/mol. The largest absolute Gasteiger partial charge is 0.506 e. The van der Waals surface area contributed by atoms with E-state index in [9.17, 15) is 5.11 Å². The van der Waals surface area contributed by atoms with E-state index in [-0.39, 0.29) is 0 Å². The molecular formula is C15H19NO. The molecule has 1 aromatic heterocycles. The molecule has 2 rings (SSSR count). The number of benzene rings is 1. The molecule has 17 heavy (non-hydrogen) atoms. The van der Waals surface area contributed by atoms with Crippen molar-refractivity contribution in [1.82, 2.24) is 4.98 Å². The van der Waals surface area contributed by atoms with Gasteiger partial charge in [-0.1, -0.05) is 26.8 Å². The highest BCUT2D eigenvalue weighted by molar-refractivity contribution is 5.90. The minimum atomic E-state index is 0.294. The molecule has 0 spiro atoms. The van der Waals surface area contributed by atoms with Crippen molar-refractivity contribution in [1.29, 1.82) is 0 Å². The zero-order chi connectivity index (χ0) is 12.4. The zero-order valence-corrected chi connectivity index (χ0v) is 10.7. The highest BCUT2D eigenvalue weighted by atomic mass is 16.3. The van der Waals surface area contributed by atoms with Crippen LogP contribution in [0.3, 0.4) is 0 Å². The SMILES string of the molecule is CCc1cc(CC)c2c(CC)ccc(O)c2n1. The maximum absolute atomic E-state index is 9.97. The quantitative estimate of drug-likeness (QED) is 0.871. The molecule has 0 aliphatic carbocycles. The van der Waals surface area contributed by atoms with Gasteiger partial charge in [0, 0.05) is 11.1 Å². The van der Waals surface area contributed by atoms with Crippen LogP contribution in [0, 0.1) is 0 Å². The third-order valence-corrected chi connectivity index (χ3v) is 3.28. The number of hydrogen-bond donors (Lipinski definition) is 1. The Kier molecular flexibility index (Phi) is 3.32. The topological polar surface area (TPSA) is 33.1 Å². The van der Waals surface area contributed by atoms with Crippen LogP contribution in [-0.4, -0.2) is 10.1 Å². The molecule has 1 N–H and O–H groups in total. The molecule has 90 valence electrons. The molecule has 2 heteroatoms. The molecular weight excluding hydrogens is 210 g/mol. The zero-order valence-electron chi connectivity index (χ0n) is 10.7. The van der Waals surface area contributed by atoms with Crippen molar-refractivity contribution in [2.75, 3.05) is 0 Å². The lowest BCUT2D eigenvalue weighted by molar-refractivity contribution is 0.480. The molecule has 1 aromatic carbocycles. The monoisotopic (exact) mass is 229 g/mol. The number of aryl methyl sites for hydroxylation is 3. The molecule has 1 heterocycles. The van der Waals surface area contributed by atoms with E-state index >= 15 is 0 Å². The fourth-order valence-corrected chi connectivity index (χ4v) is 2.30. The van der Waals surface area contributed by atoms with E-state index in [0.29, 0.717) is 5.75 Å². The first-order valence-corrected chi connectivity index (χ1v) is 6.34. The summed E-state index contributed by atoms with van der Waals surface area (Å²) in [5.41, 5.74) is 4.38. The Morgan fingerprint density at radius 2 is 1.71 bits per heavy atom. The molecule has 0 radical (unpaired) electrons. The fraction of sp³-hybridized carbons (Fsp3) is 0.400. The number of pyridine rings is 1. The van der Waals surface area contributed by atoms with Crippen molar-refractivity contribution >= 4 is 10.9 Å². The molecule has 0 unspecified atom stereocenters. The number of fused-ring (bicyclic) bond motifs is 1. The third-order valence-electron chi connectivity index (χ3n) is 3.28. The number of aromatic nitrogens is 1. The Morgan fingerprint density at radius 1 is 1.00 bits per heavy atom. The van der Waals surface area contributed by atoms with Gasteiger partial charge in [-0.3, -0.25) is 0 Å². The van der Waals surface area contributed by atoms with Crippen LogP contribution in [-0.2, 0) is 19.3 Å². The van der Waals surface area contributed by atoms with Crippen molar-refractivity contribution in [2.24, 2.45) is 0 Å². The number of phenolic OH excluding ortho intramolecular Hbond substituents is 1. The van der Waals surface area contributed by atoms with E-state index in [1.807, 2.05) is 6.07 Å². The predicted octanol–water partition coefficient (Wildman–Crippen LogP) is 3.63. The maximum atomic E-state index is 9.97. The van der Waals surface area contributed by atoms with Crippen LogP contribution < -0.4 is 0 Å². The van der Waals surface area contributed by atoms with Crippen molar-refractivity contribution in [3.63, 3.8) is 0 Å². The summed E-state index contributed by atoms with van der Waals surface area (Å²) in [6.07, 6.45) is 2.85. The molecule has 0 amide bonds. The van der Waals surface area contributed by atoms with Gasteiger partial charge in [0.05, 0.1) is 0 Å². The van der Waals surface area contributed by atoms with Crippen LogP contribution in [0.5, 0.6) is 5.75 Å². The van der Waals surface area contributed by atoms with Crippen molar-refractivity contribution in [3.05, 3.63) is 35.0 Å². The summed E-state index contributed by atoms with van der Waals surface area (Å²) < 4.78 is 0. The minimum Gasteiger partial charge on any atom is -0.506 e. The molecule has 0 aliphatic rings. The van der Waals surface area contributed by atoms with Crippen LogP contribution in [0.1, 0.15) is 37.6 Å². The number of hydrogen-bond acceptors (Lipinski definition) is 2. The molecule has 0 aliphatic heterocycles. The first-order chi connectivity index (χ1) is 8.21. The van der Waals surface area contributed by atoms with Crippen molar-refractivity contribution in [3.8, 4) is 5.75 Å². The summed E-state index contributed by atoms with van der Waals surface area (Å²) >= 11 is 0. The number of nitrogens with zero attached hydrogens (tertiary/aromatic N) is 1. The second kappa shape index (κ2) is 4.74. The molecule has 0 saturated carbocycles. The van der Waals surface area contributed by atoms with E-state index < -0.39 is 0 Å². The predicted molar refractivity (Wildman–Crippen MR) is 71.5 cm³/mol. The first kappa shape index (κ1) is 11.9. The number of phenols is 1. The van der Waals surface area contributed by atoms with E-state index in [1.165, 1.54) is 11.1 Å². The van der Waals surface area contributed by atoms with Gasteiger partial charge in [0.1, 0.15) is 11.3 Å². The summed E-state index contributed by atoms with van der Waals surface area (Å²) in [5.74, 6) is 0.294. The van der Waals surface area contributed by atoms with Gasteiger partial charge in [0.25, 0.3) is 0 Å². The average Bonchev–Trinajstić information content (AvgIpc) is 2.38. The first-order valence-electron chi connectivity index (χ1n) is 6.34.